The SMILES string of the molecule is C1=C(c2ccc3c(c2)OCCO3)OCCO1. The predicted octanol–water partition coefficient (Wildman–Crippen LogP) is 1.80. The third-order valence-electron chi connectivity index (χ3n) is 2.48. The van der Waals surface area contributed by atoms with Gasteiger partial charge in [-0.25, -0.2) is 0 Å². The van der Waals surface area contributed by atoms with Gasteiger partial charge in [-0.15, -0.1) is 0 Å². The average Bonchev–Trinajstić information content (AvgIpc) is 2.39. The highest BCUT2D eigenvalue weighted by Gasteiger charge is 2.15. The second kappa shape index (κ2) is 3.96. The number of benzene rings is 1. The van der Waals surface area contributed by atoms with Crippen molar-refractivity contribution in [2.24, 2.45) is 0 Å². The smallest absolute Gasteiger partial charge is 0.162 e. The summed E-state index contributed by atoms with van der Waals surface area (Å²) in [6.07, 6.45) is 1.63. The van der Waals surface area contributed by atoms with E-state index in [0.717, 1.165) is 22.8 Å². The van der Waals surface area contributed by atoms with E-state index in [9.17, 15) is 0 Å². The molecule has 3 rings (SSSR count). The van der Waals surface area contributed by atoms with Crippen LogP contribution in [0, 0.1) is 0 Å². The third kappa shape index (κ3) is 1.66. The van der Waals surface area contributed by atoms with Crippen molar-refractivity contribution in [3.05, 3.63) is 30.0 Å². The molecule has 1 aromatic carbocycles. The Labute approximate surface area is 93.4 Å². The molecule has 2 heterocycles. The van der Waals surface area contributed by atoms with Crippen LogP contribution in [0.4, 0.5) is 0 Å². The summed E-state index contributed by atoms with van der Waals surface area (Å²) < 4.78 is 21.7. The maximum absolute atomic E-state index is 5.51. The van der Waals surface area contributed by atoms with E-state index in [1.807, 2.05) is 18.2 Å². The highest BCUT2D eigenvalue weighted by Crippen LogP contribution is 2.33. The molecule has 0 N–H and O–H groups in total. The Morgan fingerprint density at radius 3 is 2.44 bits per heavy atom. The molecule has 0 amide bonds. The summed E-state index contributed by atoms with van der Waals surface area (Å²) in [6.45, 7) is 2.38. The first-order valence-electron chi connectivity index (χ1n) is 5.28. The van der Waals surface area contributed by atoms with Gasteiger partial charge in [-0.1, -0.05) is 0 Å². The van der Waals surface area contributed by atoms with Gasteiger partial charge in [0.15, 0.2) is 17.3 Å². The minimum Gasteiger partial charge on any atom is -0.494 e. The molecule has 0 spiro atoms. The summed E-state index contributed by atoms with van der Waals surface area (Å²) in [5.74, 6) is 2.29. The number of fused-ring (bicyclic) bond motifs is 1. The van der Waals surface area contributed by atoms with Crippen molar-refractivity contribution in [1.29, 1.82) is 0 Å². The van der Waals surface area contributed by atoms with Crippen LogP contribution in [0.15, 0.2) is 24.5 Å². The van der Waals surface area contributed by atoms with Gasteiger partial charge in [-0.3, -0.25) is 0 Å². The molecule has 0 unspecified atom stereocenters. The van der Waals surface area contributed by atoms with Crippen molar-refractivity contribution in [3.63, 3.8) is 0 Å². The summed E-state index contributed by atoms with van der Waals surface area (Å²) in [7, 11) is 0. The van der Waals surface area contributed by atoms with Crippen LogP contribution in [0.5, 0.6) is 11.5 Å². The van der Waals surface area contributed by atoms with Gasteiger partial charge in [-0.2, -0.15) is 0 Å². The molecule has 1 aromatic rings. The maximum atomic E-state index is 5.51. The van der Waals surface area contributed by atoms with Crippen LogP contribution in [0.3, 0.4) is 0 Å². The Kier molecular flexibility index (Phi) is 2.33. The molecule has 4 nitrogen and oxygen atoms in total. The van der Waals surface area contributed by atoms with Crippen LogP contribution in [-0.4, -0.2) is 26.4 Å². The van der Waals surface area contributed by atoms with Crippen molar-refractivity contribution in [2.45, 2.75) is 0 Å². The first-order valence-corrected chi connectivity index (χ1v) is 5.28. The van der Waals surface area contributed by atoms with E-state index in [1.54, 1.807) is 6.26 Å². The van der Waals surface area contributed by atoms with E-state index in [4.69, 9.17) is 18.9 Å². The Morgan fingerprint density at radius 2 is 1.62 bits per heavy atom. The molecule has 0 atom stereocenters. The van der Waals surface area contributed by atoms with Crippen molar-refractivity contribution < 1.29 is 18.9 Å². The van der Waals surface area contributed by atoms with Gasteiger partial charge >= 0.3 is 0 Å². The Hall–Kier alpha value is -1.84. The fourth-order valence-corrected chi connectivity index (χ4v) is 1.72. The lowest BCUT2D eigenvalue weighted by Gasteiger charge is -2.20. The van der Waals surface area contributed by atoms with Gasteiger partial charge in [0.2, 0.25) is 0 Å². The zero-order valence-electron chi connectivity index (χ0n) is 8.77. The molecule has 0 saturated heterocycles. The lowest BCUT2D eigenvalue weighted by molar-refractivity contribution is 0.125. The molecule has 0 saturated carbocycles. The van der Waals surface area contributed by atoms with E-state index >= 15 is 0 Å². The largest absolute Gasteiger partial charge is 0.494 e. The minimum absolute atomic E-state index is 0.584. The number of rotatable bonds is 1. The number of hydrogen-bond donors (Lipinski definition) is 0. The van der Waals surface area contributed by atoms with Gasteiger partial charge < -0.3 is 18.9 Å². The van der Waals surface area contributed by atoms with Crippen molar-refractivity contribution in [1.82, 2.24) is 0 Å². The maximum Gasteiger partial charge on any atom is 0.162 e. The van der Waals surface area contributed by atoms with Crippen LogP contribution in [0.25, 0.3) is 5.76 Å². The Morgan fingerprint density at radius 1 is 0.812 bits per heavy atom. The topological polar surface area (TPSA) is 36.9 Å². The molecule has 0 radical (unpaired) electrons. The van der Waals surface area contributed by atoms with Crippen molar-refractivity contribution >= 4 is 5.76 Å². The van der Waals surface area contributed by atoms with E-state index in [-0.39, 0.29) is 0 Å². The first-order chi connectivity index (χ1) is 7.93. The molecule has 0 aromatic heterocycles. The summed E-state index contributed by atoms with van der Waals surface area (Å²) >= 11 is 0. The summed E-state index contributed by atoms with van der Waals surface area (Å²) in [6, 6.07) is 5.74. The van der Waals surface area contributed by atoms with E-state index in [2.05, 4.69) is 0 Å². The molecule has 0 bridgehead atoms. The Balaban J connectivity index is 1.93. The number of hydrogen-bond acceptors (Lipinski definition) is 4. The van der Waals surface area contributed by atoms with Gasteiger partial charge in [-0.05, 0) is 18.2 Å². The van der Waals surface area contributed by atoms with Gasteiger partial charge in [0, 0.05) is 5.56 Å². The van der Waals surface area contributed by atoms with E-state index in [1.165, 1.54) is 0 Å². The zero-order chi connectivity index (χ0) is 10.8. The van der Waals surface area contributed by atoms with Gasteiger partial charge in [0.1, 0.15) is 32.7 Å². The second-order valence-corrected chi connectivity index (χ2v) is 3.56. The van der Waals surface area contributed by atoms with Crippen LogP contribution in [-0.2, 0) is 9.47 Å². The van der Waals surface area contributed by atoms with Crippen LogP contribution in [0.1, 0.15) is 5.56 Å². The molecule has 16 heavy (non-hydrogen) atoms. The summed E-state index contributed by atoms with van der Waals surface area (Å²) in [5.41, 5.74) is 0.948. The predicted molar refractivity (Wildman–Crippen MR) is 57.3 cm³/mol. The molecular weight excluding hydrogens is 208 g/mol. The first kappa shape index (κ1) is 9.39. The minimum atomic E-state index is 0.584. The van der Waals surface area contributed by atoms with E-state index in [0.29, 0.717) is 26.4 Å². The Bertz CT molecular complexity index is 425. The van der Waals surface area contributed by atoms with Gasteiger partial charge in [0.05, 0.1) is 0 Å². The van der Waals surface area contributed by atoms with Crippen LogP contribution < -0.4 is 9.47 Å². The highest BCUT2D eigenvalue weighted by molar-refractivity contribution is 5.63. The molecule has 0 fully saturated rings. The quantitative estimate of drug-likeness (QED) is 0.723. The summed E-state index contributed by atoms with van der Waals surface area (Å²) in [5, 5.41) is 0. The average molecular weight is 220 g/mol. The van der Waals surface area contributed by atoms with Gasteiger partial charge in [0.25, 0.3) is 0 Å². The van der Waals surface area contributed by atoms with Crippen molar-refractivity contribution in [2.75, 3.05) is 26.4 Å². The molecule has 4 heteroatoms. The normalized spacial score (nSPS) is 18.1. The molecule has 0 aliphatic carbocycles. The lowest BCUT2D eigenvalue weighted by atomic mass is 10.1. The number of ether oxygens (including phenoxy) is 4. The third-order valence-corrected chi connectivity index (χ3v) is 2.48. The standard InChI is InChI=1S/C12H12O4/c1-2-10-11(15-6-5-14-10)7-9(1)12-8-13-3-4-16-12/h1-2,7-8H,3-6H2. The van der Waals surface area contributed by atoms with Crippen LogP contribution in [0.2, 0.25) is 0 Å². The van der Waals surface area contributed by atoms with Crippen molar-refractivity contribution in [3.8, 4) is 11.5 Å². The fraction of sp³-hybridized carbons (Fsp3) is 0.333. The molecule has 2 aliphatic rings. The van der Waals surface area contributed by atoms with Crippen LogP contribution >= 0.6 is 0 Å². The summed E-state index contributed by atoms with van der Waals surface area (Å²) in [4.78, 5) is 0. The lowest BCUT2D eigenvalue weighted by Crippen LogP contribution is -2.15. The fourth-order valence-electron chi connectivity index (χ4n) is 1.72. The highest BCUT2D eigenvalue weighted by atomic mass is 16.6. The molecule has 84 valence electrons. The van der Waals surface area contributed by atoms with E-state index < -0.39 is 0 Å². The monoisotopic (exact) mass is 220 g/mol. The zero-order valence-corrected chi connectivity index (χ0v) is 8.77. The molecular formula is C12H12O4. The second-order valence-electron chi connectivity index (χ2n) is 3.56. The molecule has 2 aliphatic heterocycles.